The molecule has 4 atom stereocenters. The molecule has 106 valence electrons. The fourth-order valence-electron chi connectivity index (χ4n) is 4.79. The Labute approximate surface area is 125 Å². The van der Waals surface area contributed by atoms with Crippen molar-refractivity contribution in [1.82, 2.24) is 4.90 Å². The van der Waals surface area contributed by atoms with Crippen molar-refractivity contribution in [2.45, 2.75) is 25.2 Å². The first-order valence-electron chi connectivity index (χ1n) is 7.84. The molecule has 2 bridgehead atoms. The maximum Gasteiger partial charge on any atom is 0.0345 e. The second-order valence-corrected chi connectivity index (χ2v) is 7.95. The van der Waals surface area contributed by atoms with Gasteiger partial charge >= 0.3 is 0 Å². The topological polar surface area (TPSA) is 3.24 Å². The molecule has 2 heteroatoms. The Kier molecular flexibility index (Phi) is 3.12. The first-order chi connectivity index (χ1) is 9.72. The summed E-state index contributed by atoms with van der Waals surface area (Å²) in [7, 11) is 4.46. The summed E-state index contributed by atoms with van der Waals surface area (Å²) < 4.78 is 1.47. The van der Waals surface area contributed by atoms with Gasteiger partial charge in [0.25, 0.3) is 0 Å². The summed E-state index contributed by atoms with van der Waals surface area (Å²) >= 11 is 1.89. The third-order valence-electron chi connectivity index (χ3n) is 5.53. The smallest absolute Gasteiger partial charge is 0.0345 e. The van der Waals surface area contributed by atoms with Crippen molar-refractivity contribution in [2.75, 3.05) is 20.6 Å². The lowest BCUT2D eigenvalue weighted by molar-refractivity contribution is 0.219. The van der Waals surface area contributed by atoms with Gasteiger partial charge in [-0.1, -0.05) is 12.1 Å². The van der Waals surface area contributed by atoms with Crippen LogP contribution in [0, 0.1) is 17.8 Å². The summed E-state index contributed by atoms with van der Waals surface area (Å²) in [5, 5.41) is 3.62. The molecule has 0 aliphatic heterocycles. The molecule has 0 spiro atoms. The number of nitrogens with zero attached hydrogens (tertiary/aromatic N) is 1. The standard InChI is InChI=1S/C18H23NS/c1-19(2)11-16-13-4-6-14(9-13)18(16)15-5-3-12-7-8-20-17(12)10-15/h3,5,7-8,10,13-14,16,18H,4,6,9,11H2,1-2H3. The first-order valence-corrected chi connectivity index (χ1v) is 8.72. The largest absolute Gasteiger partial charge is 0.309 e. The summed E-state index contributed by atoms with van der Waals surface area (Å²) in [4.78, 5) is 2.39. The predicted molar refractivity (Wildman–Crippen MR) is 87.4 cm³/mol. The van der Waals surface area contributed by atoms with E-state index < -0.39 is 0 Å². The molecule has 1 nitrogen and oxygen atoms in total. The van der Waals surface area contributed by atoms with Crippen LogP contribution in [0.25, 0.3) is 10.1 Å². The van der Waals surface area contributed by atoms with Gasteiger partial charge in [0.15, 0.2) is 0 Å². The highest BCUT2D eigenvalue weighted by Gasteiger charge is 2.47. The van der Waals surface area contributed by atoms with E-state index >= 15 is 0 Å². The number of rotatable bonds is 3. The molecule has 0 saturated heterocycles. The van der Waals surface area contributed by atoms with E-state index in [0.717, 1.165) is 23.7 Å². The molecule has 1 aromatic heterocycles. The van der Waals surface area contributed by atoms with E-state index in [-0.39, 0.29) is 0 Å². The highest BCUT2D eigenvalue weighted by atomic mass is 32.1. The molecular formula is C18H23NS. The third-order valence-corrected chi connectivity index (χ3v) is 6.41. The zero-order valence-corrected chi connectivity index (χ0v) is 13.2. The Morgan fingerprint density at radius 2 is 2.00 bits per heavy atom. The van der Waals surface area contributed by atoms with Gasteiger partial charge in [0.05, 0.1) is 0 Å². The summed E-state index contributed by atoms with van der Waals surface area (Å²) in [5.41, 5.74) is 1.61. The lowest BCUT2D eigenvalue weighted by Gasteiger charge is -2.33. The predicted octanol–water partition coefficient (Wildman–Crippen LogP) is 4.59. The van der Waals surface area contributed by atoms with E-state index in [1.54, 1.807) is 5.56 Å². The van der Waals surface area contributed by atoms with E-state index in [4.69, 9.17) is 0 Å². The van der Waals surface area contributed by atoms with Crippen molar-refractivity contribution in [1.29, 1.82) is 0 Å². The van der Waals surface area contributed by atoms with Crippen LogP contribution in [0.1, 0.15) is 30.7 Å². The third kappa shape index (κ3) is 2.01. The average Bonchev–Trinajstić information content (AvgIpc) is 3.12. The Morgan fingerprint density at radius 3 is 2.85 bits per heavy atom. The van der Waals surface area contributed by atoms with Gasteiger partial charge in [0.1, 0.15) is 0 Å². The van der Waals surface area contributed by atoms with Crippen LogP contribution in [0.5, 0.6) is 0 Å². The Balaban J connectivity index is 1.70. The number of hydrogen-bond donors (Lipinski definition) is 0. The van der Waals surface area contributed by atoms with Crippen molar-refractivity contribution in [3.05, 3.63) is 35.2 Å². The number of benzene rings is 1. The fraction of sp³-hybridized carbons (Fsp3) is 0.556. The van der Waals surface area contributed by atoms with Gasteiger partial charge in [-0.3, -0.25) is 0 Å². The van der Waals surface area contributed by atoms with Gasteiger partial charge in [0, 0.05) is 11.2 Å². The molecule has 1 aromatic carbocycles. The van der Waals surface area contributed by atoms with E-state index in [9.17, 15) is 0 Å². The summed E-state index contributed by atoms with van der Waals surface area (Å²) in [6.07, 6.45) is 4.41. The number of thiophene rings is 1. The molecule has 2 fully saturated rings. The lowest BCUT2D eigenvalue weighted by atomic mass is 9.75. The van der Waals surface area contributed by atoms with Crippen molar-refractivity contribution in [3.63, 3.8) is 0 Å². The second kappa shape index (κ2) is 4.85. The Morgan fingerprint density at radius 1 is 1.15 bits per heavy atom. The molecule has 20 heavy (non-hydrogen) atoms. The zero-order valence-electron chi connectivity index (χ0n) is 12.4. The summed E-state index contributed by atoms with van der Waals surface area (Å²) in [6, 6.07) is 9.46. The summed E-state index contributed by atoms with van der Waals surface area (Å²) in [6.45, 7) is 1.26. The molecular weight excluding hydrogens is 262 g/mol. The average molecular weight is 285 g/mol. The Hall–Kier alpha value is -0.860. The van der Waals surface area contributed by atoms with Crippen molar-refractivity contribution >= 4 is 21.4 Å². The molecule has 0 amide bonds. The fourth-order valence-corrected chi connectivity index (χ4v) is 5.63. The summed E-state index contributed by atoms with van der Waals surface area (Å²) in [5.74, 6) is 3.61. The Bertz CT molecular complexity index is 615. The highest BCUT2D eigenvalue weighted by molar-refractivity contribution is 7.17. The van der Waals surface area contributed by atoms with Crippen LogP contribution in [0.15, 0.2) is 29.6 Å². The molecule has 2 saturated carbocycles. The van der Waals surface area contributed by atoms with Crippen LogP contribution < -0.4 is 0 Å². The van der Waals surface area contributed by atoms with Crippen LogP contribution in [0.4, 0.5) is 0 Å². The minimum Gasteiger partial charge on any atom is -0.309 e. The van der Waals surface area contributed by atoms with Crippen LogP contribution >= 0.6 is 11.3 Å². The van der Waals surface area contributed by atoms with Gasteiger partial charge in [-0.15, -0.1) is 11.3 Å². The van der Waals surface area contributed by atoms with Crippen LogP contribution in [0.3, 0.4) is 0 Å². The highest BCUT2D eigenvalue weighted by Crippen LogP contribution is 2.57. The lowest BCUT2D eigenvalue weighted by Crippen LogP contribution is -2.30. The van der Waals surface area contributed by atoms with Gasteiger partial charge in [-0.2, -0.15) is 0 Å². The maximum atomic E-state index is 2.48. The SMILES string of the molecule is CN(C)CC1C2CCC(C2)C1c1ccc2ccsc2c1. The second-order valence-electron chi connectivity index (χ2n) is 7.00. The van der Waals surface area contributed by atoms with Crippen molar-refractivity contribution in [3.8, 4) is 0 Å². The van der Waals surface area contributed by atoms with Crippen LogP contribution in [-0.2, 0) is 0 Å². The van der Waals surface area contributed by atoms with Crippen LogP contribution in [0.2, 0.25) is 0 Å². The minimum atomic E-state index is 0.808. The molecule has 0 radical (unpaired) electrons. The van der Waals surface area contributed by atoms with Crippen molar-refractivity contribution in [2.24, 2.45) is 17.8 Å². The number of hydrogen-bond acceptors (Lipinski definition) is 2. The molecule has 1 heterocycles. The molecule has 4 unspecified atom stereocenters. The van der Waals surface area contributed by atoms with Gasteiger partial charge in [0.2, 0.25) is 0 Å². The van der Waals surface area contributed by atoms with Gasteiger partial charge in [-0.05, 0) is 85.5 Å². The van der Waals surface area contributed by atoms with E-state index in [2.05, 4.69) is 48.6 Å². The maximum absolute atomic E-state index is 2.48. The molecule has 2 aliphatic rings. The quantitative estimate of drug-likeness (QED) is 0.797. The number of fused-ring (bicyclic) bond motifs is 3. The molecule has 4 rings (SSSR count). The van der Waals surface area contributed by atoms with Crippen molar-refractivity contribution < 1.29 is 0 Å². The van der Waals surface area contributed by atoms with E-state index in [0.29, 0.717) is 0 Å². The van der Waals surface area contributed by atoms with E-state index in [1.165, 1.54) is 35.9 Å². The molecule has 2 aliphatic carbocycles. The van der Waals surface area contributed by atoms with Gasteiger partial charge < -0.3 is 4.90 Å². The van der Waals surface area contributed by atoms with E-state index in [1.807, 2.05) is 11.3 Å². The zero-order chi connectivity index (χ0) is 13.7. The monoisotopic (exact) mass is 285 g/mol. The molecule has 2 aromatic rings. The first kappa shape index (κ1) is 12.8. The minimum absolute atomic E-state index is 0.808. The molecule has 0 N–H and O–H groups in total. The normalized spacial score (nSPS) is 32.5. The van der Waals surface area contributed by atoms with Crippen LogP contribution in [-0.4, -0.2) is 25.5 Å². The van der Waals surface area contributed by atoms with Gasteiger partial charge in [-0.25, -0.2) is 0 Å².